The van der Waals surface area contributed by atoms with Gasteiger partial charge in [0.25, 0.3) is 0 Å². The van der Waals surface area contributed by atoms with E-state index >= 15 is 0 Å². The third-order valence-electron chi connectivity index (χ3n) is 4.61. The van der Waals surface area contributed by atoms with Gasteiger partial charge >= 0.3 is 12.0 Å². The minimum absolute atomic E-state index is 0.101. The first-order chi connectivity index (χ1) is 11.5. The van der Waals surface area contributed by atoms with Crippen molar-refractivity contribution < 1.29 is 14.7 Å². The Morgan fingerprint density at radius 1 is 1.29 bits per heavy atom. The van der Waals surface area contributed by atoms with Gasteiger partial charge in [-0.2, -0.15) is 0 Å². The molecule has 1 aliphatic rings. The second-order valence-electron chi connectivity index (χ2n) is 6.45. The first kappa shape index (κ1) is 16.4. The number of carboxylic acids is 1. The molecule has 0 spiro atoms. The minimum Gasteiger partial charge on any atom is -0.478 e. The van der Waals surface area contributed by atoms with Gasteiger partial charge in [0, 0.05) is 25.2 Å². The Morgan fingerprint density at radius 3 is 2.62 bits per heavy atom. The van der Waals surface area contributed by atoms with Crippen molar-refractivity contribution in [3.05, 3.63) is 30.1 Å². The summed E-state index contributed by atoms with van der Waals surface area (Å²) in [5.41, 5.74) is 0.936. The van der Waals surface area contributed by atoms with Crippen LogP contribution >= 0.6 is 0 Å². The molecule has 7 nitrogen and oxygen atoms in total. The molecule has 0 unspecified atom stereocenters. The summed E-state index contributed by atoms with van der Waals surface area (Å²) in [6.07, 6.45) is 3.21. The first-order valence-electron chi connectivity index (χ1n) is 8.21. The summed E-state index contributed by atoms with van der Waals surface area (Å²) in [5, 5.41) is 12.2. The number of hydrogen-bond acceptors (Lipinski definition) is 4. The van der Waals surface area contributed by atoms with Gasteiger partial charge in [-0.05, 0) is 38.8 Å². The molecule has 0 radical (unpaired) electrons. The number of amides is 1. The van der Waals surface area contributed by atoms with E-state index in [-0.39, 0.29) is 17.6 Å². The molecule has 7 heteroatoms. The van der Waals surface area contributed by atoms with Crippen LogP contribution < -0.4 is 5.32 Å². The van der Waals surface area contributed by atoms with E-state index in [2.05, 4.69) is 29.0 Å². The lowest BCUT2D eigenvalue weighted by Crippen LogP contribution is -2.47. The Balaban J connectivity index is 1.73. The number of carboxylic acid groups (broad SMARTS) is 1. The van der Waals surface area contributed by atoms with Crippen LogP contribution in [0.4, 0.5) is 4.79 Å². The third kappa shape index (κ3) is 3.12. The first-order valence-corrected chi connectivity index (χ1v) is 8.21. The highest BCUT2D eigenvalue weighted by molar-refractivity contribution is 6.02. The van der Waals surface area contributed by atoms with Crippen molar-refractivity contribution in [2.75, 3.05) is 13.1 Å². The third-order valence-corrected chi connectivity index (χ3v) is 4.61. The number of carbonyl (C=O) groups excluding carboxylic acids is 1. The maximum Gasteiger partial charge on any atom is 0.337 e. The number of para-hydroxylation sites is 1. The van der Waals surface area contributed by atoms with Crippen molar-refractivity contribution in [1.82, 2.24) is 19.8 Å². The Kier molecular flexibility index (Phi) is 4.53. The number of nitrogens with zero attached hydrogens (tertiary/aromatic N) is 3. The van der Waals surface area contributed by atoms with E-state index in [1.54, 1.807) is 12.1 Å². The topological polar surface area (TPSA) is 87.5 Å². The minimum atomic E-state index is -1.05. The summed E-state index contributed by atoms with van der Waals surface area (Å²) in [5.74, 6) is -1.05. The fourth-order valence-corrected chi connectivity index (χ4v) is 3.18. The summed E-state index contributed by atoms with van der Waals surface area (Å²) in [6.45, 7) is 6.29. The zero-order valence-corrected chi connectivity index (χ0v) is 13.9. The summed E-state index contributed by atoms with van der Waals surface area (Å²) in [7, 11) is 0. The predicted octanol–water partition coefficient (Wildman–Crippen LogP) is 2.17. The van der Waals surface area contributed by atoms with Gasteiger partial charge in [0.05, 0.1) is 11.1 Å². The van der Waals surface area contributed by atoms with Gasteiger partial charge in [0.1, 0.15) is 11.8 Å². The van der Waals surface area contributed by atoms with Crippen LogP contribution in [-0.2, 0) is 0 Å². The summed E-state index contributed by atoms with van der Waals surface area (Å²) in [6, 6.07) is 5.21. The number of likely N-dealkylation sites (tertiary alicyclic amines) is 1. The number of carbonyl (C=O) groups is 2. The predicted molar refractivity (Wildman–Crippen MR) is 90.4 cm³/mol. The van der Waals surface area contributed by atoms with Gasteiger partial charge in [-0.25, -0.2) is 14.6 Å². The lowest BCUT2D eigenvalue weighted by atomic mass is 10.0. The average molecular weight is 330 g/mol. The van der Waals surface area contributed by atoms with Crippen LogP contribution in [0.15, 0.2) is 24.5 Å². The highest BCUT2D eigenvalue weighted by atomic mass is 16.4. The van der Waals surface area contributed by atoms with Crippen LogP contribution in [0.3, 0.4) is 0 Å². The van der Waals surface area contributed by atoms with E-state index in [1.807, 2.05) is 0 Å². The van der Waals surface area contributed by atoms with Gasteiger partial charge < -0.3 is 15.3 Å². The molecule has 128 valence electrons. The fourth-order valence-electron chi connectivity index (χ4n) is 3.18. The lowest BCUT2D eigenvalue weighted by molar-refractivity contribution is 0.0698. The Morgan fingerprint density at radius 2 is 2.00 bits per heavy atom. The molecule has 24 heavy (non-hydrogen) atoms. The van der Waals surface area contributed by atoms with E-state index in [9.17, 15) is 14.7 Å². The molecule has 0 saturated carbocycles. The molecule has 3 rings (SSSR count). The van der Waals surface area contributed by atoms with Crippen LogP contribution in [0.5, 0.6) is 0 Å². The molecule has 2 N–H and O–H groups in total. The van der Waals surface area contributed by atoms with Crippen LogP contribution in [0.2, 0.25) is 0 Å². The quantitative estimate of drug-likeness (QED) is 0.900. The van der Waals surface area contributed by atoms with E-state index in [4.69, 9.17) is 0 Å². The number of aromatic carboxylic acids is 1. The monoisotopic (exact) mass is 330 g/mol. The number of fused-ring (bicyclic) bond motifs is 1. The van der Waals surface area contributed by atoms with Crippen molar-refractivity contribution in [1.29, 1.82) is 0 Å². The smallest absolute Gasteiger partial charge is 0.337 e. The molecule has 0 aliphatic carbocycles. The number of aromatic nitrogens is 2. The van der Waals surface area contributed by atoms with Crippen molar-refractivity contribution in [2.24, 2.45) is 0 Å². The van der Waals surface area contributed by atoms with Crippen molar-refractivity contribution in [2.45, 2.75) is 38.8 Å². The van der Waals surface area contributed by atoms with Gasteiger partial charge in [-0.15, -0.1) is 0 Å². The molecule has 1 fully saturated rings. The Labute approximate surface area is 140 Å². The molecular weight excluding hydrogens is 308 g/mol. The Bertz CT molecular complexity index is 760. The van der Waals surface area contributed by atoms with Crippen LogP contribution in [0, 0.1) is 0 Å². The summed E-state index contributed by atoms with van der Waals surface area (Å²) in [4.78, 5) is 30.3. The SMILES string of the molecule is CC(C)N1CCC(NC(=O)n2cnc3c(C(=O)O)cccc32)CC1. The summed E-state index contributed by atoms with van der Waals surface area (Å²) >= 11 is 0. The molecule has 2 aromatic rings. The molecule has 1 aromatic heterocycles. The molecule has 1 aliphatic heterocycles. The molecule has 2 heterocycles. The van der Waals surface area contributed by atoms with E-state index in [0.717, 1.165) is 25.9 Å². The molecular formula is C17H22N4O3. The standard InChI is InChI=1S/C17H22N4O3/c1-11(2)20-8-6-12(7-9-20)19-17(24)21-10-18-15-13(16(22)23)4-3-5-14(15)21/h3-5,10-12H,6-9H2,1-2H3,(H,19,24)(H,22,23). The van der Waals surface area contributed by atoms with Gasteiger partial charge in [0.2, 0.25) is 0 Å². The number of hydrogen-bond donors (Lipinski definition) is 2. The largest absolute Gasteiger partial charge is 0.478 e. The summed E-state index contributed by atoms with van der Waals surface area (Å²) < 4.78 is 1.39. The maximum atomic E-state index is 12.5. The molecule has 0 atom stereocenters. The zero-order chi connectivity index (χ0) is 17.3. The lowest BCUT2D eigenvalue weighted by Gasteiger charge is -2.34. The number of nitrogens with one attached hydrogen (secondary N) is 1. The van der Waals surface area contributed by atoms with Crippen LogP contribution in [0.1, 0.15) is 37.0 Å². The number of rotatable bonds is 3. The Hall–Kier alpha value is -2.41. The van der Waals surface area contributed by atoms with Gasteiger partial charge in [0.15, 0.2) is 0 Å². The maximum absolute atomic E-state index is 12.5. The molecule has 1 saturated heterocycles. The molecule has 1 aromatic carbocycles. The van der Waals surface area contributed by atoms with Crippen molar-refractivity contribution in [3.8, 4) is 0 Å². The van der Waals surface area contributed by atoms with Crippen LogP contribution in [0.25, 0.3) is 11.0 Å². The highest BCUT2D eigenvalue weighted by Gasteiger charge is 2.23. The average Bonchev–Trinajstić information content (AvgIpc) is 2.99. The van der Waals surface area contributed by atoms with Crippen LogP contribution in [-0.4, -0.2) is 56.7 Å². The van der Waals surface area contributed by atoms with Crippen molar-refractivity contribution >= 4 is 23.0 Å². The number of benzene rings is 1. The van der Waals surface area contributed by atoms with E-state index in [0.29, 0.717) is 17.1 Å². The number of piperidine rings is 1. The zero-order valence-electron chi connectivity index (χ0n) is 13.9. The van der Waals surface area contributed by atoms with E-state index in [1.165, 1.54) is 17.0 Å². The number of imidazole rings is 1. The second-order valence-corrected chi connectivity index (χ2v) is 6.45. The van der Waals surface area contributed by atoms with Crippen molar-refractivity contribution in [3.63, 3.8) is 0 Å². The van der Waals surface area contributed by atoms with E-state index < -0.39 is 5.97 Å². The van der Waals surface area contributed by atoms with Gasteiger partial charge in [-0.1, -0.05) is 6.07 Å². The highest BCUT2D eigenvalue weighted by Crippen LogP contribution is 2.18. The second kappa shape index (κ2) is 6.60. The normalized spacial score (nSPS) is 16.6. The fraction of sp³-hybridized carbons (Fsp3) is 0.471. The molecule has 0 bridgehead atoms. The molecule has 1 amide bonds. The van der Waals surface area contributed by atoms with Gasteiger partial charge in [-0.3, -0.25) is 4.57 Å².